The fourth-order valence-electron chi connectivity index (χ4n) is 3.69. The molecular formula is C17H23NO3. The van der Waals surface area contributed by atoms with Crippen LogP contribution in [0.4, 0.5) is 4.79 Å². The summed E-state index contributed by atoms with van der Waals surface area (Å²) >= 11 is 0. The predicted octanol–water partition coefficient (Wildman–Crippen LogP) is 2.81. The Labute approximate surface area is 125 Å². The molecule has 1 saturated heterocycles. The largest absolute Gasteiger partial charge is 0.445 e. The number of piperidine rings is 1. The Balaban J connectivity index is 1.56. The molecule has 1 N–H and O–H groups in total. The summed E-state index contributed by atoms with van der Waals surface area (Å²) in [4.78, 5) is 13.9. The summed E-state index contributed by atoms with van der Waals surface area (Å²) in [6, 6.07) is 9.70. The highest BCUT2D eigenvalue weighted by atomic mass is 16.6. The molecule has 1 aliphatic heterocycles. The van der Waals surface area contributed by atoms with Crippen LogP contribution in [0.15, 0.2) is 30.3 Å². The summed E-state index contributed by atoms with van der Waals surface area (Å²) in [7, 11) is 0. The third-order valence-corrected chi connectivity index (χ3v) is 5.04. The van der Waals surface area contributed by atoms with E-state index < -0.39 is 5.60 Å². The van der Waals surface area contributed by atoms with Crippen molar-refractivity contribution in [2.75, 3.05) is 13.1 Å². The molecule has 4 nitrogen and oxygen atoms in total. The van der Waals surface area contributed by atoms with Gasteiger partial charge in [-0.1, -0.05) is 30.3 Å². The first-order valence-corrected chi connectivity index (χ1v) is 7.74. The molecule has 2 fully saturated rings. The maximum absolute atomic E-state index is 12.2. The van der Waals surface area contributed by atoms with Crippen LogP contribution in [0.25, 0.3) is 0 Å². The fourth-order valence-corrected chi connectivity index (χ4v) is 3.69. The van der Waals surface area contributed by atoms with Crippen molar-refractivity contribution >= 4 is 6.09 Å². The number of likely N-dealkylation sites (tertiary alicyclic amines) is 1. The minimum Gasteiger partial charge on any atom is -0.445 e. The molecule has 0 aromatic heterocycles. The van der Waals surface area contributed by atoms with Crippen LogP contribution in [0.2, 0.25) is 0 Å². The number of hydrogen-bond donors (Lipinski definition) is 1. The van der Waals surface area contributed by atoms with Crippen molar-refractivity contribution in [1.29, 1.82) is 0 Å². The van der Waals surface area contributed by atoms with Crippen LogP contribution in [0.1, 0.15) is 31.7 Å². The number of hydrogen-bond acceptors (Lipinski definition) is 3. The van der Waals surface area contributed by atoms with Crippen molar-refractivity contribution in [1.82, 2.24) is 4.90 Å². The van der Waals surface area contributed by atoms with Gasteiger partial charge in [0, 0.05) is 19.0 Å². The molecule has 1 aromatic carbocycles. The van der Waals surface area contributed by atoms with Crippen LogP contribution in [0, 0.1) is 11.8 Å². The number of rotatable bonds is 2. The van der Waals surface area contributed by atoms with E-state index in [4.69, 9.17) is 4.74 Å². The van der Waals surface area contributed by atoms with Gasteiger partial charge in [-0.05, 0) is 37.7 Å². The number of ether oxygens (including phenoxy) is 1. The first-order chi connectivity index (χ1) is 10.1. The normalized spacial score (nSPS) is 31.8. The van der Waals surface area contributed by atoms with E-state index >= 15 is 0 Å². The molecule has 1 unspecified atom stereocenters. The van der Waals surface area contributed by atoms with Gasteiger partial charge in [-0.2, -0.15) is 0 Å². The second-order valence-electron chi connectivity index (χ2n) is 6.54. The molecule has 3 atom stereocenters. The molecule has 21 heavy (non-hydrogen) atoms. The van der Waals surface area contributed by atoms with Crippen LogP contribution < -0.4 is 0 Å². The zero-order valence-electron chi connectivity index (χ0n) is 12.5. The highest BCUT2D eigenvalue weighted by Crippen LogP contribution is 2.44. The molecule has 0 bridgehead atoms. The molecule has 2 aliphatic rings. The van der Waals surface area contributed by atoms with Gasteiger partial charge in [0.05, 0.1) is 5.60 Å². The van der Waals surface area contributed by atoms with Crippen LogP contribution in [-0.2, 0) is 11.3 Å². The fraction of sp³-hybridized carbons (Fsp3) is 0.588. The Hall–Kier alpha value is -1.55. The molecule has 0 spiro atoms. The van der Waals surface area contributed by atoms with Gasteiger partial charge in [-0.3, -0.25) is 0 Å². The number of fused-ring (bicyclic) bond motifs is 1. The molecule has 4 heteroatoms. The van der Waals surface area contributed by atoms with Crippen molar-refractivity contribution in [3.63, 3.8) is 0 Å². The van der Waals surface area contributed by atoms with E-state index in [2.05, 4.69) is 0 Å². The second-order valence-corrected chi connectivity index (χ2v) is 6.54. The third-order valence-electron chi connectivity index (χ3n) is 5.04. The van der Waals surface area contributed by atoms with Gasteiger partial charge in [0.15, 0.2) is 0 Å². The smallest absolute Gasteiger partial charge is 0.410 e. The van der Waals surface area contributed by atoms with E-state index in [-0.39, 0.29) is 12.0 Å². The molecule has 1 saturated carbocycles. The van der Waals surface area contributed by atoms with Crippen molar-refractivity contribution in [2.45, 2.75) is 38.4 Å². The summed E-state index contributed by atoms with van der Waals surface area (Å²) < 4.78 is 5.39. The van der Waals surface area contributed by atoms with E-state index in [1.807, 2.05) is 37.3 Å². The molecule has 3 rings (SSSR count). The van der Waals surface area contributed by atoms with Gasteiger partial charge in [-0.25, -0.2) is 4.79 Å². The lowest BCUT2D eigenvalue weighted by Crippen LogP contribution is -2.48. The van der Waals surface area contributed by atoms with Gasteiger partial charge in [0.25, 0.3) is 0 Å². The Morgan fingerprint density at radius 2 is 2.14 bits per heavy atom. The standard InChI is InChI=1S/C17H23NO3/c1-17(20)9-7-14-8-10-18(11-15(14)17)16(19)21-12-13-5-3-2-4-6-13/h2-6,14-15,20H,7-12H2,1H3/t14-,15+,17?/m1/s1. The lowest BCUT2D eigenvalue weighted by Gasteiger charge is -2.38. The highest BCUT2D eigenvalue weighted by Gasteiger charge is 2.47. The molecule has 1 heterocycles. The molecule has 1 aromatic rings. The van der Waals surface area contributed by atoms with Gasteiger partial charge in [0.2, 0.25) is 0 Å². The van der Waals surface area contributed by atoms with Gasteiger partial charge >= 0.3 is 6.09 Å². The van der Waals surface area contributed by atoms with Crippen LogP contribution in [-0.4, -0.2) is 34.8 Å². The average Bonchev–Trinajstić information content (AvgIpc) is 2.81. The number of carbonyl (C=O) groups excluding carboxylic acids is 1. The van der Waals surface area contributed by atoms with Crippen LogP contribution >= 0.6 is 0 Å². The van der Waals surface area contributed by atoms with E-state index in [9.17, 15) is 9.90 Å². The van der Waals surface area contributed by atoms with Crippen molar-refractivity contribution in [3.05, 3.63) is 35.9 Å². The zero-order valence-corrected chi connectivity index (χ0v) is 12.5. The first-order valence-electron chi connectivity index (χ1n) is 7.74. The lowest BCUT2D eigenvalue weighted by atomic mass is 9.82. The molecular weight excluding hydrogens is 266 g/mol. The first kappa shape index (κ1) is 14.4. The minimum atomic E-state index is -0.636. The van der Waals surface area contributed by atoms with Crippen LogP contribution in [0.5, 0.6) is 0 Å². The number of aliphatic hydroxyl groups is 1. The quantitative estimate of drug-likeness (QED) is 0.911. The average molecular weight is 289 g/mol. The number of nitrogens with zero attached hydrogens (tertiary/aromatic N) is 1. The minimum absolute atomic E-state index is 0.190. The number of carbonyl (C=O) groups is 1. The van der Waals surface area contributed by atoms with E-state index in [1.165, 1.54) is 0 Å². The summed E-state index contributed by atoms with van der Waals surface area (Å²) in [6.45, 7) is 3.56. The molecule has 1 aliphatic carbocycles. The summed E-state index contributed by atoms with van der Waals surface area (Å²) in [6.07, 6.45) is 2.63. The zero-order chi connectivity index (χ0) is 14.9. The monoisotopic (exact) mass is 289 g/mol. The maximum atomic E-state index is 12.2. The topological polar surface area (TPSA) is 49.8 Å². The number of amides is 1. The summed E-state index contributed by atoms with van der Waals surface area (Å²) in [5, 5.41) is 10.4. The van der Waals surface area contributed by atoms with E-state index in [1.54, 1.807) is 4.90 Å². The Morgan fingerprint density at radius 1 is 1.38 bits per heavy atom. The Morgan fingerprint density at radius 3 is 2.90 bits per heavy atom. The van der Waals surface area contributed by atoms with Crippen molar-refractivity contribution < 1.29 is 14.6 Å². The summed E-state index contributed by atoms with van der Waals surface area (Å²) in [5.74, 6) is 0.744. The highest BCUT2D eigenvalue weighted by molar-refractivity contribution is 5.67. The van der Waals surface area contributed by atoms with E-state index in [0.717, 1.165) is 31.4 Å². The predicted molar refractivity (Wildman–Crippen MR) is 79.7 cm³/mol. The molecule has 0 radical (unpaired) electrons. The van der Waals surface area contributed by atoms with Gasteiger partial charge in [-0.15, -0.1) is 0 Å². The molecule has 1 amide bonds. The number of benzene rings is 1. The lowest BCUT2D eigenvalue weighted by molar-refractivity contribution is -0.0214. The van der Waals surface area contributed by atoms with Crippen molar-refractivity contribution in [3.8, 4) is 0 Å². The Kier molecular flexibility index (Phi) is 3.89. The van der Waals surface area contributed by atoms with E-state index in [0.29, 0.717) is 19.1 Å². The van der Waals surface area contributed by atoms with Crippen molar-refractivity contribution in [2.24, 2.45) is 11.8 Å². The van der Waals surface area contributed by atoms with Crippen LogP contribution in [0.3, 0.4) is 0 Å². The van der Waals surface area contributed by atoms with Gasteiger partial charge in [0.1, 0.15) is 6.61 Å². The Bertz CT molecular complexity index is 500. The SMILES string of the molecule is CC1(O)CC[C@@H]2CCN(C(=O)OCc3ccccc3)C[C@@H]21. The van der Waals surface area contributed by atoms with Gasteiger partial charge < -0.3 is 14.7 Å². The third kappa shape index (κ3) is 3.05. The second kappa shape index (κ2) is 5.68. The molecule has 114 valence electrons. The maximum Gasteiger partial charge on any atom is 0.410 e. The summed E-state index contributed by atoms with van der Waals surface area (Å²) in [5.41, 5.74) is 0.358.